The number of nitrogens with one attached hydrogen (secondary N) is 2. The van der Waals surface area contributed by atoms with E-state index >= 15 is 0 Å². The van der Waals surface area contributed by atoms with Crippen molar-refractivity contribution in [2.24, 2.45) is 0 Å². The lowest BCUT2D eigenvalue weighted by molar-refractivity contribution is -0.121. The number of rotatable bonds is 8. The molecule has 0 aromatic heterocycles. The Balaban J connectivity index is 1.92. The van der Waals surface area contributed by atoms with E-state index in [2.05, 4.69) is 10.6 Å². The molecule has 0 atom stereocenters. The molecule has 1 saturated carbocycles. The predicted octanol–water partition coefficient (Wildman–Crippen LogP) is 1.46. The summed E-state index contributed by atoms with van der Waals surface area (Å²) in [7, 11) is 3.23. The molecule has 0 radical (unpaired) electrons. The largest absolute Gasteiger partial charge is 0.493 e. The maximum atomic E-state index is 11.2. The third-order valence-corrected chi connectivity index (χ3v) is 3.27. The second-order valence-corrected chi connectivity index (χ2v) is 4.91. The van der Waals surface area contributed by atoms with Gasteiger partial charge in [-0.1, -0.05) is 6.07 Å². The van der Waals surface area contributed by atoms with Gasteiger partial charge in [-0.05, 0) is 30.5 Å². The molecule has 5 nitrogen and oxygen atoms in total. The average molecular weight is 278 g/mol. The van der Waals surface area contributed by atoms with Gasteiger partial charge in [0.05, 0.1) is 20.1 Å². The first-order chi connectivity index (χ1) is 9.72. The quantitative estimate of drug-likeness (QED) is 0.756. The van der Waals surface area contributed by atoms with Crippen LogP contribution in [0.3, 0.4) is 0 Å². The van der Waals surface area contributed by atoms with E-state index in [1.165, 1.54) is 12.8 Å². The molecule has 0 heterocycles. The van der Waals surface area contributed by atoms with Gasteiger partial charge in [0.2, 0.25) is 5.91 Å². The van der Waals surface area contributed by atoms with Crippen LogP contribution in [0.1, 0.15) is 24.8 Å². The molecule has 0 aliphatic heterocycles. The Labute approximate surface area is 119 Å². The van der Waals surface area contributed by atoms with Crippen molar-refractivity contribution in [2.45, 2.75) is 31.8 Å². The van der Waals surface area contributed by atoms with Crippen LogP contribution in [0.4, 0.5) is 0 Å². The van der Waals surface area contributed by atoms with Gasteiger partial charge >= 0.3 is 0 Å². The van der Waals surface area contributed by atoms with E-state index in [-0.39, 0.29) is 5.91 Å². The summed E-state index contributed by atoms with van der Waals surface area (Å²) < 4.78 is 10.9. The summed E-state index contributed by atoms with van der Waals surface area (Å²) in [5.74, 6) is 1.35. The highest BCUT2D eigenvalue weighted by molar-refractivity contribution is 5.75. The molecule has 0 saturated heterocycles. The zero-order valence-electron chi connectivity index (χ0n) is 12.1. The molecule has 2 N–H and O–H groups in total. The first-order valence-electron chi connectivity index (χ1n) is 6.96. The number of amides is 1. The number of carbonyl (C=O) groups is 1. The molecule has 1 aliphatic carbocycles. The summed E-state index contributed by atoms with van der Waals surface area (Å²) >= 11 is 0. The van der Waals surface area contributed by atoms with Gasteiger partial charge in [-0.15, -0.1) is 0 Å². The highest BCUT2D eigenvalue weighted by Crippen LogP contribution is 2.28. The number of benzene rings is 1. The highest BCUT2D eigenvalue weighted by Gasteiger charge is 2.20. The van der Waals surface area contributed by atoms with Crippen molar-refractivity contribution >= 4 is 5.91 Å². The van der Waals surface area contributed by atoms with Gasteiger partial charge in [0.1, 0.15) is 0 Å². The first kappa shape index (κ1) is 14.7. The molecule has 110 valence electrons. The molecular formula is C15H22N2O3. The van der Waals surface area contributed by atoms with Gasteiger partial charge in [-0.2, -0.15) is 0 Å². The minimum atomic E-state index is -0.0319. The fourth-order valence-electron chi connectivity index (χ4n) is 1.87. The monoisotopic (exact) mass is 278 g/mol. The average Bonchev–Trinajstić information content (AvgIpc) is 3.29. The summed E-state index contributed by atoms with van der Waals surface area (Å²) in [5.41, 5.74) is 1.16. The van der Waals surface area contributed by atoms with Crippen molar-refractivity contribution in [1.29, 1.82) is 0 Å². The molecule has 1 aliphatic rings. The molecule has 1 amide bonds. The highest BCUT2D eigenvalue weighted by atomic mass is 16.5. The predicted molar refractivity (Wildman–Crippen MR) is 77.0 cm³/mol. The molecular weight excluding hydrogens is 256 g/mol. The lowest BCUT2D eigenvalue weighted by Gasteiger charge is -2.12. The van der Waals surface area contributed by atoms with Crippen molar-refractivity contribution in [3.63, 3.8) is 0 Å². The van der Waals surface area contributed by atoms with Crippen molar-refractivity contribution in [3.8, 4) is 11.5 Å². The van der Waals surface area contributed by atoms with E-state index in [0.29, 0.717) is 30.6 Å². The van der Waals surface area contributed by atoms with Crippen LogP contribution in [0.15, 0.2) is 18.2 Å². The van der Waals surface area contributed by atoms with E-state index in [4.69, 9.17) is 9.47 Å². The Morgan fingerprint density at radius 1 is 1.35 bits per heavy atom. The smallest absolute Gasteiger partial charge is 0.223 e. The Kier molecular flexibility index (Phi) is 5.24. The van der Waals surface area contributed by atoms with Crippen LogP contribution in [0.25, 0.3) is 0 Å². The molecule has 5 heteroatoms. The van der Waals surface area contributed by atoms with E-state index in [1.54, 1.807) is 14.2 Å². The van der Waals surface area contributed by atoms with Crippen LogP contribution >= 0.6 is 0 Å². The maximum Gasteiger partial charge on any atom is 0.223 e. The SMILES string of the molecule is CNC(=O)CCOc1cc(CNC2CC2)ccc1OC. The van der Waals surface area contributed by atoms with Crippen molar-refractivity contribution in [3.05, 3.63) is 23.8 Å². The second kappa shape index (κ2) is 7.14. The summed E-state index contributed by atoms with van der Waals surface area (Å²) in [6, 6.07) is 6.58. The Morgan fingerprint density at radius 3 is 2.80 bits per heavy atom. The van der Waals surface area contributed by atoms with E-state index < -0.39 is 0 Å². The molecule has 0 unspecified atom stereocenters. The van der Waals surface area contributed by atoms with Gasteiger partial charge in [0, 0.05) is 19.6 Å². The molecule has 2 rings (SSSR count). The van der Waals surface area contributed by atoms with E-state index in [0.717, 1.165) is 12.1 Å². The van der Waals surface area contributed by atoms with Crippen molar-refractivity contribution < 1.29 is 14.3 Å². The van der Waals surface area contributed by atoms with Gasteiger partial charge in [0.25, 0.3) is 0 Å². The number of ether oxygens (including phenoxy) is 2. The third kappa shape index (κ3) is 4.42. The summed E-state index contributed by atoms with van der Waals surface area (Å²) in [4.78, 5) is 11.2. The lowest BCUT2D eigenvalue weighted by Crippen LogP contribution is -2.20. The molecule has 1 fully saturated rings. The van der Waals surface area contributed by atoms with Crippen LogP contribution in [-0.4, -0.2) is 32.7 Å². The fraction of sp³-hybridized carbons (Fsp3) is 0.533. The molecule has 20 heavy (non-hydrogen) atoms. The Morgan fingerprint density at radius 2 is 2.15 bits per heavy atom. The number of carbonyl (C=O) groups excluding carboxylic acids is 1. The van der Waals surface area contributed by atoms with Gasteiger partial charge in [0.15, 0.2) is 11.5 Å². The zero-order valence-corrected chi connectivity index (χ0v) is 12.1. The van der Waals surface area contributed by atoms with Gasteiger partial charge < -0.3 is 20.1 Å². The van der Waals surface area contributed by atoms with Crippen LogP contribution in [-0.2, 0) is 11.3 Å². The molecule has 0 bridgehead atoms. The first-order valence-corrected chi connectivity index (χ1v) is 6.96. The fourth-order valence-corrected chi connectivity index (χ4v) is 1.87. The summed E-state index contributed by atoms with van der Waals surface area (Å²) in [6.07, 6.45) is 2.88. The molecule has 1 aromatic rings. The topological polar surface area (TPSA) is 59.6 Å². The van der Waals surface area contributed by atoms with Gasteiger partial charge in [-0.25, -0.2) is 0 Å². The van der Waals surface area contributed by atoms with E-state index in [9.17, 15) is 4.79 Å². The summed E-state index contributed by atoms with van der Waals surface area (Å²) in [5, 5.41) is 6.03. The Bertz CT molecular complexity index is 458. The number of hydrogen-bond donors (Lipinski definition) is 2. The Hall–Kier alpha value is -1.75. The summed E-state index contributed by atoms with van der Waals surface area (Å²) in [6.45, 7) is 1.18. The minimum Gasteiger partial charge on any atom is -0.493 e. The minimum absolute atomic E-state index is 0.0319. The molecule has 0 spiro atoms. The van der Waals surface area contributed by atoms with Crippen LogP contribution in [0, 0.1) is 0 Å². The third-order valence-electron chi connectivity index (χ3n) is 3.27. The van der Waals surface area contributed by atoms with Crippen LogP contribution in [0.2, 0.25) is 0 Å². The van der Waals surface area contributed by atoms with Crippen molar-refractivity contribution in [1.82, 2.24) is 10.6 Å². The maximum absolute atomic E-state index is 11.2. The number of hydrogen-bond acceptors (Lipinski definition) is 4. The lowest BCUT2D eigenvalue weighted by atomic mass is 10.2. The zero-order chi connectivity index (χ0) is 14.4. The normalized spacial score (nSPS) is 13.9. The van der Waals surface area contributed by atoms with Crippen LogP contribution in [0.5, 0.6) is 11.5 Å². The standard InChI is InChI=1S/C15H22N2O3/c1-16-15(18)7-8-20-14-9-11(3-6-13(14)19-2)10-17-12-4-5-12/h3,6,9,12,17H,4-5,7-8,10H2,1-2H3,(H,16,18). The second-order valence-electron chi connectivity index (χ2n) is 4.91. The van der Waals surface area contributed by atoms with Crippen LogP contribution < -0.4 is 20.1 Å². The van der Waals surface area contributed by atoms with E-state index in [1.807, 2.05) is 18.2 Å². The number of methoxy groups -OCH3 is 1. The van der Waals surface area contributed by atoms with Crippen molar-refractivity contribution in [2.75, 3.05) is 20.8 Å². The molecule has 1 aromatic carbocycles. The van der Waals surface area contributed by atoms with Gasteiger partial charge in [-0.3, -0.25) is 4.79 Å².